The zero-order valence-corrected chi connectivity index (χ0v) is 21.8. The number of aliphatic hydroxyl groups is 5. The highest BCUT2D eigenvalue weighted by molar-refractivity contribution is 4.70. The Morgan fingerprint density at radius 1 is 0.486 bits per heavy atom. The Bertz CT molecular complexity index is 429. The number of aliphatic hydroxyl groups excluding tert-OH is 5. The molecule has 0 aromatic carbocycles. The molecule has 212 valence electrons. The van der Waals surface area contributed by atoms with E-state index in [0.29, 0.717) is 39.3 Å². The predicted octanol–water partition coefficient (Wildman–Crippen LogP) is -3.69. The van der Waals surface area contributed by atoms with Gasteiger partial charge in [-0.1, -0.05) is 0 Å². The van der Waals surface area contributed by atoms with Crippen LogP contribution in [0.5, 0.6) is 0 Å². The highest BCUT2D eigenvalue weighted by Crippen LogP contribution is 2.02. The Kier molecular flexibility index (Phi) is 21.2. The third-order valence-electron chi connectivity index (χ3n) is 5.41. The number of ether oxygens (including phenoxy) is 5. The van der Waals surface area contributed by atoms with Crippen molar-refractivity contribution in [3.63, 3.8) is 0 Å². The van der Waals surface area contributed by atoms with Gasteiger partial charge in [0.15, 0.2) is 31.5 Å². The highest BCUT2D eigenvalue weighted by Gasteiger charge is 2.19. The lowest BCUT2D eigenvalue weighted by Gasteiger charge is -2.32. The van der Waals surface area contributed by atoms with E-state index in [1.54, 1.807) is 0 Å². The average Bonchev–Trinajstić information content (AvgIpc) is 2.86. The van der Waals surface area contributed by atoms with Crippen molar-refractivity contribution in [2.24, 2.45) is 0 Å². The summed E-state index contributed by atoms with van der Waals surface area (Å²) in [5.41, 5.74) is 0. The van der Waals surface area contributed by atoms with Crippen molar-refractivity contribution in [3.8, 4) is 0 Å². The lowest BCUT2D eigenvalue weighted by atomic mass is 10.3. The van der Waals surface area contributed by atoms with Crippen LogP contribution in [-0.4, -0.2) is 179 Å². The van der Waals surface area contributed by atoms with E-state index in [0.717, 1.165) is 0 Å². The number of hydrogen-bond donors (Lipinski definition) is 6. The van der Waals surface area contributed by atoms with Crippen LogP contribution in [0.2, 0.25) is 0 Å². The molecule has 5 atom stereocenters. The fourth-order valence-corrected chi connectivity index (χ4v) is 3.14. The van der Waals surface area contributed by atoms with Crippen LogP contribution >= 0.6 is 0 Å². The first-order valence-electron chi connectivity index (χ1n) is 11.6. The molecule has 0 saturated carbocycles. The second-order valence-electron chi connectivity index (χ2n) is 8.02. The maximum Gasteiger partial charge on any atom is 0.166 e. The Hall–Kier alpha value is -0.560. The van der Waals surface area contributed by atoms with Gasteiger partial charge in [-0.3, -0.25) is 14.7 Å². The monoisotopic (exact) mass is 516 g/mol. The van der Waals surface area contributed by atoms with E-state index in [1.165, 1.54) is 35.5 Å². The van der Waals surface area contributed by atoms with Gasteiger partial charge in [0, 0.05) is 108 Å². The van der Waals surface area contributed by atoms with Crippen LogP contribution in [0.15, 0.2) is 0 Å². The lowest BCUT2D eigenvalue weighted by molar-refractivity contribution is -0.122. The van der Waals surface area contributed by atoms with Gasteiger partial charge in [-0.2, -0.15) is 0 Å². The summed E-state index contributed by atoms with van der Waals surface area (Å²) in [6.45, 7) is 4.40. The van der Waals surface area contributed by atoms with Gasteiger partial charge < -0.3 is 54.5 Å². The Morgan fingerprint density at radius 2 is 0.800 bits per heavy atom. The third-order valence-corrected chi connectivity index (χ3v) is 5.41. The van der Waals surface area contributed by atoms with E-state index in [9.17, 15) is 25.5 Å². The van der Waals surface area contributed by atoms with Gasteiger partial charge in [-0.05, 0) is 0 Å². The molecule has 0 aromatic heterocycles. The maximum atomic E-state index is 9.90. The van der Waals surface area contributed by atoms with Gasteiger partial charge >= 0.3 is 0 Å². The van der Waals surface area contributed by atoms with E-state index < -0.39 is 31.5 Å². The highest BCUT2D eigenvalue weighted by atomic mass is 16.6. The molecule has 0 amide bonds. The molecule has 0 aliphatic rings. The summed E-state index contributed by atoms with van der Waals surface area (Å²) >= 11 is 0. The second-order valence-corrected chi connectivity index (χ2v) is 8.02. The van der Waals surface area contributed by atoms with Crippen LogP contribution in [-0.2, 0) is 23.7 Å². The van der Waals surface area contributed by atoms with E-state index >= 15 is 0 Å². The molecular formula is C21H48N4O10. The molecule has 0 radical (unpaired) electrons. The van der Waals surface area contributed by atoms with Gasteiger partial charge in [0.1, 0.15) is 0 Å². The third kappa shape index (κ3) is 18.4. The molecule has 0 rings (SSSR count). The maximum absolute atomic E-state index is 9.90. The Morgan fingerprint density at radius 3 is 1.11 bits per heavy atom. The first-order chi connectivity index (χ1) is 16.7. The number of nitrogens with one attached hydrogen (secondary N) is 1. The first-order valence-corrected chi connectivity index (χ1v) is 11.6. The zero-order valence-electron chi connectivity index (χ0n) is 21.8. The predicted molar refractivity (Wildman–Crippen MR) is 127 cm³/mol. The Labute approximate surface area is 208 Å². The molecule has 0 aliphatic carbocycles. The minimum absolute atomic E-state index is 0.190. The standard InChI is InChI=1S/C21H48N4O10/c1-31-17(26)12-22-6-7-23(8-10-24(13-18(27)32-2)14-19(28)33-3)9-11-25(15-20(29)34-4)16-21(30)35-5/h17-22,26-30H,6-16H2,1-5H3. The minimum atomic E-state index is -1.01. The summed E-state index contributed by atoms with van der Waals surface area (Å²) in [5.74, 6) is 0. The van der Waals surface area contributed by atoms with Crippen LogP contribution in [0.4, 0.5) is 0 Å². The summed E-state index contributed by atoms with van der Waals surface area (Å²) in [6.07, 6.45) is -4.93. The number of rotatable bonds is 24. The van der Waals surface area contributed by atoms with Crippen molar-refractivity contribution >= 4 is 0 Å². The zero-order chi connectivity index (χ0) is 26.6. The van der Waals surface area contributed by atoms with Crippen LogP contribution in [0.3, 0.4) is 0 Å². The van der Waals surface area contributed by atoms with Crippen LogP contribution in [0, 0.1) is 0 Å². The van der Waals surface area contributed by atoms with Gasteiger partial charge in [0.2, 0.25) is 0 Å². The average molecular weight is 517 g/mol. The van der Waals surface area contributed by atoms with E-state index in [4.69, 9.17) is 23.7 Å². The van der Waals surface area contributed by atoms with E-state index in [-0.39, 0.29) is 32.7 Å². The van der Waals surface area contributed by atoms with Crippen LogP contribution in [0.25, 0.3) is 0 Å². The summed E-state index contributed by atoms with van der Waals surface area (Å²) in [4.78, 5) is 5.81. The van der Waals surface area contributed by atoms with Gasteiger partial charge in [0.05, 0.1) is 0 Å². The van der Waals surface area contributed by atoms with Crippen molar-refractivity contribution in [2.75, 3.05) is 108 Å². The van der Waals surface area contributed by atoms with Crippen molar-refractivity contribution in [1.82, 2.24) is 20.0 Å². The van der Waals surface area contributed by atoms with E-state index in [1.807, 2.05) is 9.80 Å². The molecular weight excluding hydrogens is 468 g/mol. The summed E-state index contributed by atoms with van der Waals surface area (Å²) in [6, 6.07) is 0. The van der Waals surface area contributed by atoms with Crippen molar-refractivity contribution in [1.29, 1.82) is 0 Å². The molecule has 0 bridgehead atoms. The summed E-state index contributed by atoms with van der Waals surface area (Å²) in [7, 11) is 7.03. The molecule has 0 spiro atoms. The first kappa shape index (κ1) is 34.4. The smallest absolute Gasteiger partial charge is 0.166 e. The SMILES string of the molecule is COC(O)CNCCN(CCN(CC(O)OC)CC(O)OC)CCN(CC(O)OC)CC(O)OC. The molecule has 6 N–H and O–H groups in total. The molecule has 0 heterocycles. The molecule has 5 unspecified atom stereocenters. The molecule has 0 saturated heterocycles. The lowest BCUT2D eigenvalue weighted by Crippen LogP contribution is -2.47. The molecule has 35 heavy (non-hydrogen) atoms. The Balaban J connectivity index is 5.13. The molecule has 14 heteroatoms. The number of nitrogens with zero attached hydrogens (tertiary/aromatic N) is 3. The van der Waals surface area contributed by atoms with Gasteiger partial charge in [0.25, 0.3) is 0 Å². The molecule has 14 nitrogen and oxygen atoms in total. The van der Waals surface area contributed by atoms with Crippen molar-refractivity contribution < 1.29 is 49.2 Å². The second kappa shape index (κ2) is 21.5. The fraction of sp³-hybridized carbons (Fsp3) is 1.00. The molecule has 0 aliphatic heterocycles. The van der Waals surface area contributed by atoms with E-state index in [2.05, 4.69) is 10.2 Å². The summed E-state index contributed by atoms with van der Waals surface area (Å²) < 4.78 is 24.6. The topological polar surface area (TPSA) is 169 Å². The number of methoxy groups -OCH3 is 5. The van der Waals surface area contributed by atoms with Crippen LogP contribution in [0.1, 0.15) is 0 Å². The minimum Gasteiger partial charge on any atom is -0.367 e. The number of hydrogen-bond acceptors (Lipinski definition) is 14. The van der Waals surface area contributed by atoms with Gasteiger partial charge in [-0.15, -0.1) is 0 Å². The summed E-state index contributed by atoms with van der Waals surface area (Å²) in [5, 5.41) is 52.3. The molecule has 0 aromatic rings. The quantitative estimate of drug-likeness (QED) is 0.0547. The van der Waals surface area contributed by atoms with Crippen molar-refractivity contribution in [2.45, 2.75) is 31.5 Å². The largest absolute Gasteiger partial charge is 0.367 e. The van der Waals surface area contributed by atoms with Gasteiger partial charge in [-0.25, -0.2) is 0 Å². The van der Waals surface area contributed by atoms with Crippen LogP contribution < -0.4 is 5.32 Å². The molecule has 0 fully saturated rings. The normalized spacial score (nSPS) is 16.7. The fourth-order valence-electron chi connectivity index (χ4n) is 3.14. The van der Waals surface area contributed by atoms with Crippen molar-refractivity contribution in [3.05, 3.63) is 0 Å².